The minimum atomic E-state index is -1.22. The lowest BCUT2D eigenvalue weighted by molar-refractivity contribution is 0.427. The monoisotopic (exact) mass is 443 g/mol. The molecule has 0 unspecified atom stereocenters. The number of hydrogen-bond donors (Lipinski definition) is 0. The van der Waals surface area contributed by atoms with E-state index in [0.29, 0.717) is 0 Å². The van der Waals surface area contributed by atoms with Crippen LogP contribution in [0, 0.1) is 0 Å². The van der Waals surface area contributed by atoms with Crippen molar-refractivity contribution in [3.63, 3.8) is 0 Å². The van der Waals surface area contributed by atoms with E-state index in [0.717, 1.165) is 6.54 Å². The fourth-order valence-corrected chi connectivity index (χ4v) is 5.73. The minimum Gasteiger partial charge on any atom is -0.360 e. The molecule has 0 amide bonds. The van der Waals surface area contributed by atoms with Gasteiger partial charge >= 0.3 is 0 Å². The first-order chi connectivity index (χ1) is 16.9. The number of rotatable bonds is 4. The summed E-state index contributed by atoms with van der Waals surface area (Å²) in [6.07, 6.45) is 2.62. The van der Waals surface area contributed by atoms with Crippen molar-refractivity contribution in [1.29, 1.82) is 0 Å². The largest absolute Gasteiger partial charge is 0.360 e. The molecule has 1 fully saturated rings. The molecule has 0 spiro atoms. The Morgan fingerprint density at radius 2 is 0.882 bits per heavy atom. The number of benzene rings is 4. The molecule has 0 radical (unpaired) electrons. The zero-order valence-corrected chi connectivity index (χ0v) is 19.8. The highest BCUT2D eigenvalue weighted by atomic mass is 15.2. The molecule has 6 rings (SSSR count). The van der Waals surface area contributed by atoms with E-state index in [1.807, 2.05) is 0 Å². The molecule has 34 heavy (non-hydrogen) atoms. The maximum absolute atomic E-state index is 4.43. The van der Waals surface area contributed by atoms with Crippen LogP contribution in [0.3, 0.4) is 0 Å². The molecule has 0 aromatic heterocycles. The second-order valence-electron chi connectivity index (χ2n) is 9.25. The summed E-state index contributed by atoms with van der Waals surface area (Å²) in [7, 11) is 0. The van der Waals surface area contributed by atoms with Crippen LogP contribution in [0.5, 0.6) is 0 Å². The van der Waals surface area contributed by atoms with Crippen LogP contribution >= 0.6 is 0 Å². The predicted octanol–water partition coefficient (Wildman–Crippen LogP) is 3.95. The lowest BCUT2D eigenvalue weighted by Gasteiger charge is -2.44. The van der Waals surface area contributed by atoms with Gasteiger partial charge in [0.25, 0.3) is 0 Å². The number of nitrogens with zero attached hydrogens (tertiary/aromatic N) is 2. The van der Waals surface area contributed by atoms with Crippen molar-refractivity contribution in [2.24, 2.45) is 4.99 Å². The lowest BCUT2D eigenvalue weighted by atomic mass is 9.13. The average molecular weight is 443 g/mol. The molecular weight excluding hydrogens is 411 g/mol. The van der Waals surface area contributed by atoms with Gasteiger partial charge in [-0.15, -0.1) is 0 Å². The Hall–Kier alpha value is -3.59. The van der Waals surface area contributed by atoms with Gasteiger partial charge in [-0.25, -0.2) is 0 Å². The van der Waals surface area contributed by atoms with E-state index in [2.05, 4.69) is 131 Å². The molecule has 2 aliphatic rings. The standard InChI is InChI=1S/C24H20B.C7H12N2/c1-5-13-21(14-6-1)25(22-15-7-2-8-16-22,23-17-9-3-10-18-23)24-19-11-4-12-20-24;1-3-7-8-4-2-6-9(7)5-1/h1-20H;1-6H2/q-1;. The second kappa shape index (κ2) is 10.6. The Labute approximate surface area is 203 Å². The highest BCUT2D eigenvalue weighted by Gasteiger charge is 2.31. The maximum Gasteiger partial charge on any atom is 0.108 e. The summed E-state index contributed by atoms with van der Waals surface area (Å²) < 4.78 is 0. The zero-order valence-electron chi connectivity index (χ0n) is 19.8. The van der Waals surface area contributed by atoms with Crippen LogP contribution in [0.25, 0.3) is 0 Å². The van der Waals surface area contributed by atoms with Crippen molar-refractivity contribution in [2.75, 3.05) is 19.6 Å². The summed E-state index contributed by atoms with van der Waals surface area (Å²) >= 11 is 0. The third-order valence-electron chi connectivity index (χ3n) is 7.27. The summed E-state index contributed by atoms with van der Waals surface area (Å²) in [6, 6.07) is 43.5. The Kier molecular flexibility index (Phi) is 6.90. The van der Waals surface area contributed by atoms with Gasteiger partial charge in [-0.05, 0) is 12.8 Å². The van der Waals surface area contributed by atoms with Crippen molar-refractivity contribution in [3.8, 4) is 0 Å². The number of aliphatic imine (C=N–C) groups is 1. The highest BCUT2D eigenvalue weighted by Crippen LogP contribution is 2.15. The lowest BCUT2D eigenvalue weighted by Crippen LogP contribution is -2.74. The van der Waals surface area contributed by atoms with Crippen LogP contribution in [0.2, 0.25) is 0 Å². The molecule has 0 atom stereocenters. The fourth-order valence-electron chi connectivity index (χ4n) is 5.73. The van der Waals surface area contributed by atoms with Crippen LogP contribution in [-0.4, -0.2) is 36.5 Å². The average Bonchev–Trinajstić information content (AvgIpc) is 3.41. The first kappa shape index (κ1) is 22.2. The first-order valence-electron chi connectivity index (χ1n) is 12.5. The van der Waals surface area contributed by atoms with Gasteiger partial charge in [0.05, 0.1) is 5.84 Å². The molecular formula is C31H32BN2-. The molecule has 1 saturated heterocycles. The molecule has 0 aliphatic carbocycles. The number of hydrogen-bond acceptors (Lipinski definition) is 2. The topological polar surface area (TPSA) is 15.6 Å². The first-order valence-corrected chi connectivity index (χ1v) is 12.5. The van der Waals surface area contributed by atoms with E-state index >= 15 is 0 Å². The van der Waals surface area contributed by atoms with Crippen molar-refractivity contribution in [2.45, 2.75) is 19.3 Å². The normalized spacial score (nSPS) is 15.1. The van der Waals surface area contributed by atoms with E-state index in [-0.39, 0.29) is 0 Å². The van der Waals surface area contributed by atoms with E-state index in [4.69, 9.17) is 0 Å². The third-order valence-corrected chi connectivity index (χ3v) is 7.27. The van der Waals surface area contributed by atoms with Gasteiger partial charge < -0.3 is 4.90 Å². The molecule has 170 valence electrons. The van der Waals surface area contributed by atoms with E-state index in [1.54, 1.807) is 0 Å². The molecule has 4 aromatic rings. The van der Waals surface area contributed by atoms with E-state index in [9.17, 15) is 0 Å². The summed E-state index contributed by atoms with van der Waals surface area (Å²) in [5.41, 5.74) is 5.36. The molecule has 2 aliphatic heterocycles. The van der Waals surface area contributed by atoms with Crippen LogP contribution in [0.15, 0.2) is 126 Å². The molecule has 4 aromatic carbocycles. The summed E-state index contributed by atoms with van der Waals surface area (Å²) in [5.74, 6) is 1.38. The van der Waals surface area contributed by atoms with Gasteiger partial charge in [0.15, 0.2) is 0 Å². The minimum absolute atomic E-state index is 1.08. The van der Waals surface area contributed by atoms with Gasteiger partial charge in [0, 0.05) is 26.1 Å². The SMILES string of the molecule is C1CN=C2CCCN2C1.c1ccc([B-](c2ccccc2)(c2ccccc2)c2ccccc2)cc1. The molecule has 2 nitrogen and oxygen atoms in total. The molecule has 0 bridgehead atoms. The third kappa shape index (κ3) is 4.43. The van der Waals surface area contributed by atoms with Crippen LogP contribution in [0.1, 0.15) is 19.3 Å². The Morgan fingerprint density at radius 1 is 0.500 bits per heavy atom. The van der Waals surface area contributed by atoms with Crippen LogP contribution in [-0.2, 0) is 0 Å². The van der Waals surface area contributed by atoms with E-state index in [1.165, 1.54) is 60.0 Å². The van der Waals surface area contributed by atoms with Crippen molar-refractivity contribution < 1.29 is 0 Å². The quantitative estimate of drug-likeness (QED) is 0.436. The fraction of sp³-hybridized carbons (Fsp3) is 0.194. The van der Waals surface area contributed by atoms with Crippen molar-refractivity contribution in [3.05, 3.63) is 121 Å². The number of fused-ring (bicyclic) bond motifs is 1. The zero-order chi connectivity index (χ0) is 23.1. The van der Waals surface area contributed by atoms with Gasteiger partial charge in [-0.3, -0.25) is 4.99 Å². The summed E-state index contributed by atoms with van der Waals surface area (Å²) in [4.78, 5) is 6.85. The molecule has 3 heteroatoms. The molecule has 2 heterocycles. The van der Waals surface area contributed by atoms with Gasteiger partial charge in [0.1, 0.15) is 6.15 Å². The van der Waals surface area contributed by atoms with Gasteiger partial charge in [-0.1, -0.05) is 121 Å². The van der Waals surface area contributed by atoms with Crippen LogP contribution < -0.4 is 21.9 Å². The van der Waals surface area contributed by atoms with Gasteiger partial charge in [-0.2, -0.15) is 21.9 Å². The molecule has 0 N–H and O–H groups in total. The van der Waals surface area contributed by atoms with E-state index < -0.39 is 6.15 Å². The highest BCUT2D eigenvalue weighted by molar-refractivity contribution is 7.19. The predicted molar refractivity (Wildman–Crippen MR) is 148 cm³/mol. The maximum atomic E-state index is 4.43. The van der Waals surface area contributed by atoms with Crippen molar-refractivity contribution >= 4 is 33.8 Å². The molecule has 0 saturated carbocycles. The second-order valence-corrected chi connectivity index (χ2v) is 9.25. The smallest absolute Gasteiger partial charge is 0.108 e. The van der Waals surface area contributed by atoms with Gasteiger partial charge in [0.2, 0.25) is 0 Å². The summed E-state index contributed by atoms with van der Waals surface area (Å²) in [6.45, 7) is 3.60. The van der Waals surface area contributed by atoms with Crippen LogP contribution in [0.4, 0.5) is 0 Å². The Balaban J connectivity index is 0.000000222. The Bertz CT molecular complexity index is 1030. The number of amidine groups is 1. The Morgan fingerprint density at radius 3 is 1.26 bits per heavy atom. The summed E-state index contributed by atoms with van der Waals surface area (Å²) in [5, 5.41) is 0. The van der Waals surface area contributed by atoms with Crippen molar-refractivity contribution in [1.82, 2.24) is 4.90 Å².